The summed E-state index contributed by atoms with van der Waals surface area (Å²) in [6.45, 7) is 2.31. The number of nitrogens with zero attached hydrogens (tertiary/aromatic N) is 4. The average Bonchev–Trinajstić information content (AvgIpc) is 3.43. The Balaban J connectivity index is 1.49. The summed E-state index contributed by atoms with van der Waals surface area (Å²) in [5.74, 6) is 1.10. The number of carbonyl (C=O) groups is 1. The van der Waals surface area contributed by atoms with Crippen molar-refractivity contribution >= 4 is 28.8 Å². The molecule has 0 spiro atoms. The summed E-state index contributed by atoms with van der Waals surface area (Å²) in [4.78, 5) is 17.6. The van der Waals surface area contributed by atoms with Crippen LogP contribution < -0.4 is 10.1 Å². The summed E-state index contributed by atoms with van der Waals surface area (Å²) in [5, 5.41) is 7.52. The van der Waals surface area contributed by atoms with Crippen LogP contribution in [0.2, 0.25) is 0 Å². The van der Waals surface area contributed by atoms with Gasteiger partial charge in [0.15, 0.2) is 0 Å². The number of fused-ring (bicyclic) bond motifs is 1. The van der Waals surface area contributed by atoms with Gasteiger partial charge in [0, 0.05) is 17.7 Å². The lowest BCUT2D eigenvalue weighted by Gasteiger charge is -2.12. The number of rotatable bonds is 7. The van der Waals surface area contributed by atoms with Gasteiger partial charge in [-0.25, -0.2) is 9.37 Å². The van der Waals surface area contributed by atoms with Gasteiger partial charge in [-0.2, -0.15) is 9.78 Å². The average molecular weight is 482 g/mol. The summed E-state index contributed by atoms with van der Waals surface area (Å²) in [6.07, 6.45) is 3.15. The lowest BCUT2D eigenvalue weighted by molar-refractivity contribution is -0.111. The molecule has 36 heavy (non-hydrogen) atoms. The number of methoxy groups -OCH3 is 1. The highest BCUT2D eigenvalue weighted by Crippen LogP contribution is 2.24. The normalized spacial score (nSPS) is 11.3. The van der Waals surface area contributed by atoms with Crippen LogP contribution in [0, 0.1) is 12.7 Å². The molecule has 3 aromatic carbocycles. The fourth-order valence-electron chi connectivity index (χ4n) is 4.03. The topological polar surface area (TPSA) is 74.0 Å². The number of para-hydroxylation sites is 3. The van der Waals surface area contributed by atoms with Crippen molar-refractivity contribution < 1.29 is 13.9 Å². The number of nitrogens with one attached hydrogen (secondary N) is 1. The van der Waals surface area contributed by atoms with Crippen molar-refractivity contribution in [1.29, 1.82) is 0 Å². The summed E-state index contributed by atoms with van der Waals surface area (Å²) in [7, 11) is 1.59. The van der Waals surface area contributed by atoms with Gasteiger partial charge in [0.1, 0.15) is 17.4 Å². The number of aromatic nitrogens is 4. The number of imidazole rings is 1. The van der Waals surface area contributed by atoms with Crippen molar-refractivity contribution in [3.8, 4) is 11.7 Å². The van der Waals surface area contributed by atoms with E-state index >= 15 is 0 Å². The van der Waals surface area contributed by atoms with E-state index in [4.69, 9.17) is 9.72 Å². The molecule has 0 saturated heterocycles. The first kappa shape index (κ1) is 23.0. The lowest BCUT2D eigenvalue weighted by atomic mass is 10.2. The van der Waals surface area contributed by atoms with Crippen LogP contribution >= 0.6 is 0 Å². The SMILES string of the molecule is COc1ccccc1/C=C/C(=O)Nc1cc(C)nn1-c1nc2ccccc2n1Cc1ccc(F)cc1. The van der Waals surface area contributed by atoms with Gasteiger partial charge >= 0.3 is 0 Å². The fraction of sp³-hybridized carbons (Fsp3) is 0.107. The van der Waals surface area contributed by atoms with Crippen LogP contribution in [-0.4, -0.2) is 32.3 Å². The monoisotopic (exact) mass is 481 g/mol. The van der Waals surface area contributed by atoms with Crippen LogP contribution in [0.15, 0.2) is 84.9 Å². The molecule has 0 saturated carbocycles. The second-order valence-electron chi connectivity index (χ2n) is 8.26. The number of carbonyl (C=O) groups excluding carboxylic acids is 1. The van der Waals surface area contributed by atoms with Crippen LogP contribution in [0.5, 0.6) is 5.75 Å². The van der Waals surface area contributed by atoms with Crippen molar-refractivity contribution in [1.82, 2.24) is 19.3 Å². The van der Waals surface area contributed by atoms with E-state index in [1.54, 1.807) is 36.1 Å². The van der Waals surface area contributed by atoms with E-state index in [9.17, 15) is 9.18 Å². The zero-order valence-electron chi connectivity index (χ0n) is 19.9. The third-order valence-electron chi connectivity index (χ3n) is 5.71. The van der Waals surface area contributed by atoms with Gasteiger partial charge in [0.2, 0.25) is 11.9 Å². The van der Waals surface area contributed by atoms with Gasteiger partial charge in [-0.05, 0) is 48.9 Å². The number of aryl methyl sites for hydroxylation is 1. The zero-order chi connectivity index (χ0) is 25.1. The first-order valence-corrected chi connectivity index (χ1v) is 11.4. The Morgan fingerprint density at radius 2 is 1.81 bits per heavy atom. The Labute approximate surface area is 207 Å². The number of hydrogen-bond acceptors (Lipinski definition) is 4. The molecule has 8 heteroatoms. The molecule has 5 aromatic rings. The van der Waals surface area contributed by atoms with Gasteiger partial charge in [0.25, 0.3) is 0 Å². The number of anilines is 1. The van der Waals surface area contributed by atoms with Crippen LogP contribution in [0.4, 0.5) is 10.2 Å². The van der Waals surface area contributed by atoms with Gasteiger partial charge in [-0.15, -0.1) is 0 Å². The quantitative estimate of drug-likeness (QED) is 0.317. The van der Waals surface area contributed by atoms with E-state index in [2.05, 4.69) is 10.4 Å². The van der Waals surface area contributed by atoms with Crippen LogP contribution in [0.25, 0.3) is 23.1 Å². The Hall–Kier alpha value is -4.72. The Morgan fingerprint density at radius 1 is 1.06 bits per heavy atom. The number of benzene rings is 3. The molecule has 0 aliphatic rings. The first-order valence-electron chi connectivity index (χ1n) is 11.4. The molecule has 0 fully saturated rings. The van der Waals surface area contributed by atoms with Crippen molar-refractivity contribution in [3.05, 3.63) is 108 Å². The fourth-order valence-corrected chi connectivity index (χ4v) is 4.03. The molecular weight excluding hydrogens is 457 g/mol. The third-order valence-corrected chi connectivity index (χ3v) is 5.71. The van der Waals surface area contributed by atoms with Gasteiger partial charge in [-0.1, -0.05) is 42.5 Å². The second kappa shape index (κ2) is 9.87. The molecule has 2 aromatic heterocycles. The minimum Gasteiger partial charge on any atom is -0.496 e. The minimum atomic E-state index is -0.316. The predicted molar refractivity (Wildman–Crippen MR) is 138 cm³/mol. The molecule has 0 unspecified atom stereocenters. The maximum atomic E-state index is 13.5. The molecule has 1 N–H and O–H groups in total. The predicted octanol–water partition coefficient (Wildman–Crippen LogP) is 5.38. The zero-order valence-corrected chi connectivity index (χ0v) is 19.9. The number of amides is 1. The maximum Gasteiger partial charge on any atom is 0.249 e. The molecule has 0 radical (unpaired) electrons. The Morgan fingerprint density at radius 3 is 2.61 bits per heavy atom. The highest BCUT2D eigenvalue weighted by molar-refractivity contribution is 6.01. The minimum absolute atomic E-state index is 0.289. The highest BCUT2D eigenvalue weighted by Gasteiger charge is 2.18. The largest absolute Gasteiger partial charge is 0.496 e. The van der Waals surface area contributed by atoms with E-state index in [-0.39, 0.29) is 11.7 Å². The molecule has 0 aliphatic carbocycles. The molecule has 7 nitrogen and oxygen atoms in total. The third kappa shape index (κ3) is 4.74. The molecule has 5 rings (SSSR count). The summed E-state index contributed by atoms with van der Waals surface area (Å²) in [5.41, 5.74) is 4.12. The molecule has 0 aliphatic heterocycles. The highest BCUT2D eigenvalue weighted by atomic mass is 19.1. The van der Waals surface area contributed by atoms with E-state index in [1.807, 2.05) is 60.0 Å². The first-order chi connectivity index (χ1) is 17.5. The Kier molecular flexibility index (Phi) is 6.32. The van der Waals surface area contributed by atoms with E-state index in [1.165, 1.54) is 18.2 Å². The maximum absolute atomic E-state index is 13.5. The summed E-state index contributed by atoms with van der Waals surface area (Å²) < 4.78 is 22.4. The van der Waals surface area contributed by atoms with Crippen molar-refractivity contribution in [2.45, 2.75) is 13.5 Å². The standard InChI is InChI=1S/C28H24FN5O2/c1-19-17-26(31-27(35)16-13-21-7-3-6-10-25(21)36-2)34(32-19)28-30-23-8-4-5-9-24(23)33(28)18-20-11-14-22(29)15-12-20/h3-17H,18H2,1-2H3,(H,31,35)/b16-13+. The lowest BCUT2D eigenvalue weighted by Crippen LogP contribution is -2.15. The van der Waals surface area contributed by atoms with Gasteiger partial charge in [-0.3, -0.25) is 4.79 Å². The molecule has 1 amide bonds. The van der Waals surface area contributed by atoms with Crippen LogP contribution in [0.1, 0.15) is 16.8 Å². The van der Waals surface area contributed by atoms with Gasteiger partial charge < -0.3 is 14.6 Å². The second-order valence-corrected chi connectivity index (χ2v) is 8.26. The number of halogens is 1. The smallest absolute Gasteiger partial charge is 0.249 e. The molecular formula is C28H24FN5O2. The van der Waals surface area contributed by atoms with Crippen molar-refractivity contribution in [2.24, 2.45) is 0 Å². The number of hydrogen-bond donors (Lipinski definition) is 1. The van der Waals surface area contributed by atoms with E-state index in [0.717, 1.165) is 27.9 Å². The van der Waals surface area contributed by atoms with Crippen LogP contribution in [0.3, 0.4) is 0 Å². The molecule has 0 atom stereocenters. The van der Waals surface area contributed by atoms with Crippen molar-refractivity contribution in [3.63, 3.8) is 0 Å². The Bertz CT molecular complexity index is 1570. The summed E-state index contributed by atoms with van der Waals surface area (Å²) in [6, 6.07) is 23.4. The van der Waals surface area contributed by atoms with Crippen LogP contribution in [-0.2, 0) is 11.3 Å². The van der Waals surface area contributed by atoms with E-state index < -0.39 is 0 Å². The number of ether oxygens (including phenoxy) is 1. The van der Waals surface area contributed by atoms with Crippen molar-refractivity contribution in [2.75, 3.05) is 12.4 Å². The molecule has 0 bridgehead atoms. The summed E-state index contributed by atoms with van der Waals surface area (Å²) >= 11 is 0. The molecule has 2 heterocycles. The molecule has 180 valence electrons. The van der Waals surface area contributed by atoms with Gasteiger partial charge in [0.05, 0.1) is 30.4 Å². The van der Waals surface area contributed by atoms with E-state index in [0.29, 0.717) is 24.1 Å².